The Bertz CT molecular complexity index is 283. The van der Waals surface area contributed by atoms with E-state index in [1.54, 1.807) is 18.3 Å². The number of nitrogens with zero attached hydrogens (tertiary/aromatic N) is 1. The van der Waals surface area contributed by atoms with Crippen molar-refractivity contribution in [3.8, 4) is 5.88 Å². The van der Waals surface area contributed by atoms with Crippen molar-refractivity contribution in [2.24, 2.45) is 5.92 Å². The Kier molecular flexibility index (Phi) is 3.22. The van der Waals surface area contributed by atoms with Gasteiger partial charge in [0.25, 0.3) is 0 Å². The molecule has 2 rings (SSSR count). The fourth-order valence-electron chi connectivity index (χ4n) is 1.37. The molecule has 0 radical (unpaired) electrons. The van der Waals surface area contributed by atoms with Crippen molar-refractivity contribution >= 4 is 11.6 Å². The van der Waals surface area contributed by atoms with Gasteiger partial charge in [0, 0.05) is 24.8 Å². The Morgan fingerprint density at radius 1 is 1.57 bits per heavy atom. The molecule has 76 valence electrons. The lowest BCUT2D eigenvalue weighted by Gasteiger charge is -2.08. The van der Waals surface area contributed by atoms with Crippen LogP contribution in [-0.4, -0.2) is 24.8 Å². The van der Waals surface area contributed by atoms with Crippen molar-refractivity contribution in [3.05, 3.63) is 23.4 Å². The molecule has 0 bridgehead atoms. The average molecular weight is 214 g/mol. The van der Waals surface area contributed by atoms with Crippen LogP contribution < -0.4 is 4.74 Å². The highest BCUT2D eigenvalue weighted by Crippen LogP contribution is 2.16. The lowest BCUT2D eigenvalue weighted by molar-refractivity contribution is 0.165. The second-order valence-corrected chi connectivity index (χ2v) is 3.79. The van der Waals surface area contributed by atoms with Crippen molar-refractivity contribution < 1.29 is 9.47 Å². The number of hydrogen-bond donors (Lipinski definition) is 0. The van der Waals surface area contributed by atoms with Crippen LogP contribution in [-0.2, 0) is 4.74 Å². The SMILES string of the molecule is Clc1ccc(OCC2CCOC2)nc1. The molecule has 1 aliphatic heterocycles. The molecule has 1 aromatic rings. The summed E-state index contributed by atoms with van der Waals surface area (Å²) >= 11 is 5.70. The fraction of sp³-hybridized carbons (Fsp3) is 0.500. The van der Waals surface area contributed by atoms with Crippen molar-refractivity contribution in [2.45, 2.75) is 6.42 Å². The van der Waals surface area contributed by atoms with Gasteiger partial charge in [-0.3, -0.25) is 0 Å². The standard InChI is InChI=1S/C10H12ClNO2/c11-9-1-2-10(12-5-9)14-7-8-3-4-13-6-8/h1-2,5,8H,3-4,6-7H2. The molecule has 0 N–H and O–H groups in total. The van der Waals surface area contributed by atoms with E-state index in [0.717, 1.165) is 19.6 Å². The quantitative estimate of drug-likeness (QED) is 0.771. The number of aromatic nitrogens is 1. The summed E-state index contributed by atoms with van der Waals surface area (Å²) in [5.41, 5.74) is 0. The van der Waals surface area contributed by atoms with Gasteiger partial charge < -0.3 is 9.47 Å². The number of ether oxygens (including phenoxy) is 2. The molecule has 0 amide bonds. The van der Waals surface area contributed by atoms with Gasteiger partial charge in [-0.25, -0.2) is 4.98 Å². The van der Waals surface area contributed by atoms with Gasteiger partial charge in [-0.1, -0.05) is 11.6 Å². The highest BCUT2D eigenvalue weighted by molar-refractivity contribution is 6.30. The van der Waals surface area contributed by atoms with E-state index in [1.165, 1.54) is 0 Å². The van der Waals surface area contributed by atoms with E-state index in [2.05, 4.69) is 4.98 Å². The summed E-state index contributed by atoms with van der Waals surface area (Å²) in [5, 5.41) is 0.626. The predicted octanol–water partition coefficient (Wildman–Crippen LogP) is 2.15. The van der Waals surface area contributed by atoms with Gasteiger partial charge >= 0.3 is 0 Å². The second-order valence-electron chi connectivity index (χ2n) is 3.36. The summed E-state index contributed by atoms with van der Waals surface area (Å²) in [6.45, 7) is 2.32. The molecule has 3 nitrogen and oxygen atoms in total. The molecule has 2 heterocycles. The maximum Gasteiger partial charge on any atom is 0.213 e. The molecular weight excluding hydrogens is 202 g/mol. The van der Waals surface area contributed by atoms with Crippen LogP contribution in [0, 0.1) is 5.92 Å². The van der Waals surface area contributed by atoms with E-state index in [4.69, 9.17) is 21.1 Å². The maximum absolute atomic E-state index is 5.70. The zero-order chi connectivity index (χ0) is 9.80. The van der Waals surface area contributed by atoms with E-state index in [-0.39, 0.29) is 0 Å². The van der Waals surface area contributed by atoms with Crippen LogP contribution >= 0.6 is 11.6 Å². The molecule has 0 spiro atoms. The Morgan fingerprint density at radius 3 is 3.14 bits per heavy atom. The smallest absolute Gasteiger partial charge is 0.213 e. The van der Waals surface area contributed by atoms with E-state index in [9.17, 15) is 0 Å². The van der Waals surface area contributed by atoms with E-state index in [0.29, 0.717) is 23.4 Å². The first-order chi connectivity index (χ1) is 6.84. The van der Waals surface area contributed by atoms with Gasteiger partial charge in [-0.2, -0.15) is 0 Å². The Hall–Kier alpha value is -0.800. The first kappa shape index (κ1) is 9.74. The van der Waals surface area contributed by atoms with E-state index in [1.807, 2.05) is 0 Å². The number of hydrogen-bond acceptors (Lipinski definition) is 3. The third-order valence-corrected chi connectivity index (χ3v) is 2.41. The summed E-state index contributed by atoms with van der Waals surface area (Å²) in [7, 11) is 0. The molecule has 0 aliphatic carbocycles. The average Bonchev–Trinajstić information content (AvgIpc) is 2.70. The molecular formula is C10H12ClNO2. The summed E-state index contributed by atoms with van der Waals surface area (Å²) in [6.07, 6.45) is 2.66. The lowest BCUT2D eigenvalue weighted by Crippen LogP contribution is -2.12. The zero-order valence-electron chi connectivity index (χ0n) is 7.78. The van der Waals surface area contributed by atoms with Gasteiger partial charge in [-0.05, 0) is 12.5 Å². The van der Waals surface area contributed by atoms with Gasteiger partial charge in [-0.15, -0.1) is 0 Å². The van der Waals surface area contributed by atoms with Crippen molar-refractivity contribution in [3.63, 3.8) is 0 Å². The van der Waals surface area contributed by atoms with Gasteiger partial charge in [0.05, 0.1) is 18.2 Å². The predicted molar refractivity (Wildman–Crippen MR) is 53.7 cm³/mol. The maximum atomic E-state index is 5.70. The van der Waals surface area contributed by atoms with Crippen molar-refractivity contribution in [1.82, 2.24) is 4.98 Å². The highest BCUT2D eigenvalue weighted by atomic mass is 35.5. The highest BCUT2D eigenvalue weighted by Gasteiger charge is 2.16. The second kappa shape index (κ2) is 4.62. The van der Waals surface area contributed by atoms with Gasteiger partial charge in [0.1, 0.15) is 0 Å². The minimum absolute atomic E-state index is 0.507. The van der Waals surface area contributed by atoms with E-state index < -0.39 is 0 Å². The normalized spacial score (nSPS) is 21.1. The lowest BCUT2D eigenvalue weighted by atomic mass is 10.1. The molecule has 4 heteroatoms. The number of halogens is 1. The first-order valence-corrected chi connectivity index (χ1v) is 5.04. The summed E-state index contributed by atoms with van der Waals surface area (Å²) in [4.78, 5) is 4.04. The number of pyridine rings is 1. The van der Waals surface area contributed by atoms with E-state index >= 15 is 0 Å². The molecule has 1 fully saturated rings. The van der Waals surface area contributed by atoms with Crippen LogP contribution in [0.25, 0.3) is 0 Å². The third kappa shape index (κ3) is 2.59. The summed E-state index contributed by atoms with van der Waals surface area (Å²) < 4.78 is 10.7. The molecule has 1 aliphatic rings. The summed E-state index contributed by atoms with van der Waals surface area (Å²) in [5.74, 6) is 1.13. The Labute approximate surface area is 88.0 Å². The topological polar surface area (TPSA) is 31.4 Å². The van der Waals surface area contributed by atoms with Crippen molar-refractivity contribution in [1.29, 1.82) is 0 Å². The first-order valence-electron chi connectivity index (χ1n) is 4.67. The third-order valence-electron chi connectivity index (χ3n) is 2.19. The van der Waals surface area contributed by atoms with Crippen LogP contribution in [0.5, 0.6) is 5.88 Å². The van der Waals surface area contributed by atoms with Crippen LogP contribution in [0.4, 0.5) is 0 Å². The zero-order valence-corrected chi connectivity index (χ0v) is 8.54. The molecule has 1 aromatic heterocycles. The number of rotatable bonds is 3. The molecule has 1 atom stereocenters. The van der Waals surface area contributed by atoms with Gasteiger partial charge in [0.2, 0.25) is 5.88 Å². The minimum atomic E-state index is 0.507. The molecule has 0 saturated carbocycles. The van der Waals surface area contributed by atoms with Crippen LogP contribution in [0.15, 0.2) is 18.3 Å². The van der Waals surface area contributed by atoms with Crippen LogP contribution in [0.3, 0.4) is 0 Å². The minimum Gasteiger partial charge on any atom is -0.477 e. The monoisotopic (exact) mass is 213 g/mol. The molecule has 1 unspecified atom stereocenters. The van der Waals surface area contributed by atoms with Crippen LogP contribution in [0.2, 0.25) is 5.02 Å². The largest absolute Gasteiger partial charge is 0.477 e. The molecule has 1 saturated heterocycles. The fourth-order valence-corrected chi connectivity index (χ4v) is 1.48. The van der Waals surface area contributed by atoms with Crippen molar-refractivity contribution in [2.75, 3.05) is 19.8 Å². The molecule has 0 aromatic carbocycles. The molecule has 14 heavy (non-hydrogen) atoms. The van der Waals surface area contributed by atoms with Gasteiger partial charge in [0.15, 0.2) is 0 Å². The Balaban J connectivity index is 1.82. The summed E-state index contributed by atoms with van der Waals surface area (Å²) in [6, 6.07) is 3.55. The van der Waals surface area contributed by atoms with Crippen LogP contribution in [0.1, 0.15) is 6.42 Å². The Morgan fingerprint density at radius 2 is 2.50 bits per heavy atom.